The molecule has 0 spiro atoms. The fourth-order valence-corrected chi connectivity index (χ4v) is 2.78. The van der Waals surface area contributed by atoms with Crippen LogP contribution in [0.4, 0.5) is 0 Å². The van der Waals surface area contributed by atoms with Crippen LogP contribution in [0.5, 0.6) is 0 Å². The van der Waals surface area contributed by atoms with Gasteiger partial charge in [0.05, 0.1) is 17.0 Å². The third-order valence-corrected chi connectivity index (χ3v) is 3.91. The molecule has 0 bridgehead atoms. The van der Waals surface area contributed by atoms with Crippen LogP contribution in [0.25, 0.3) is 10.9 Å². The smallest absolute Gasteiger partial charge is 0.303 e. The van der Waals surface area contributed by atoms with Crippen molar-refractivity contribution >= 4 is 34.4 Å². The Kier molecular flexibility index (Phi) is 3.51. The molecule has 0 atom stereocenters. The van der Waals surface area contributed by atoms with Gasteiger partial charge in [-0.05, 0) is 12.1 Å². The Morgan fingerprint density at radius 2 is 2.05 bits per heavy atom. The average molecular weight is 305 g/mol. The van der Waals surface area contributed by atoms with Crippen LogP contribution in [-0.4, -0.2) is 40.0 Å². The van der Waals surface area contributed by atoms with Gasteiger partial charge in [0.25, 0.3) is 5.91 Å². The van der Waals surface area contributed by atoms with Gasteiger partial charge in [0, 0.05) is 24.4 Å². The highest BCUT2D eigenvalue weighted by Crippen LogP contribution is 2.26. The third kappa shape index (κ3) is 2.69. The fourth-order valence-electron chi connectivity index (χ4n) is 2.52. The summed E-state index contributed by atoms with van der Waals surface area (Å²) < 4.78 is 0. The summed E-state index contributed by atoms with van der Waals surface area (Å²) in [6, 6.07) is 8.93. The van der Waals surface area contributed by atoms with Crippen molar-refractivity contribution in [2.24, 2.45) is 5.92 Å². The Morgan fingerprint density at radius 3 is 2.76 bits per heavy atom. The lowest BCUT2D eigenvalue weighted by molar-refractivity contribution is -0.139. The van der Waals surface area contributed by atoms with Gasteiger partial charge in [0.1, 0.15) is 5.69 Å². The summed E-state index contributed by atoms with van der Waals surface area (Å²) in [4.78, 5) is 28.8. The molecule has 6 heteroatoms. The topological polar surface area (TPSA) is 70.5 Å². The molecule has 1 aliphatic heterocycles. The van der Waals surface area contributed by atoms with E-state index in [-0.39, 0.29) is 18.2 Å². The zero-order valence-electron chi connectivity index (χ0n) is 11.1. The number of aromatic nitrogens is 1. The van der Waals surface area contributed by atoms with Crippen molar-refractivity contribution in [3.05, 3.63) is 41.0 Å². The number of carboxylic acid groups (broad SMARTS) is 1. The first-order chi connectivity index (χ1) is 10.0. The summed E-state index contributed by atoms with van der Waals surface area (Å²) in [5.74, 6) is -1.01. The first-order valence-electron chi connectivity index (χ1n) is 6.61. The van der Waals surface area contributed by atoms with Crippen LogP contribution in [0, 0.1) is 5.92 Å². The maximum atomic E-state index is 12.3. The number of nitrogens with zero attached hydrogens (tertiary/aromatic N) is 2. The molecule has 1 aromatic heterocycles. The Balaban J connectivity index is 1.79. The summed E-state index contributed by atoms with van der Waals surface area (Å²) in [5.41, 5.74) is 0.975. The lowest BCUT2D eigenvalue weighted by Gasteiger charge is -2.38. The number of halogens is 1. The van der Waals surface area contributed by atoms with E-state index in [9.17, 15) is 9.59 Å². The van der Waals surface area contributed by atoms with Gasteiger partial charge >= 0.3 is 5.97 Å². The van der Waals surface area contributed by atoms with Crippen LogP contribution >= 0.6 is 11.6 Å². The Morgan fingerprint density at radius 1 is 1.33 bits per heavy atom. The van der Waals surface area contributed by atoms with Gasteiger partial charge in [-0.15, -0.1) is 0 Å². The number of para-hydroxylation sites is 1. The lowest BCUT2D eigenvalue weighted by Crippen LogP contribution is -2.50. The highest BCUT2D eigenvalue weighted by molar-refractivity contribution is 6.35. The Labute approximate surface area is 126 Å². The van der Waals surface area contributed by atoms with Crippen LogP contribution in [0.2, 0.25) is 5.02 Å². The zero-order chi connectivity index (χ0) is 15.0. The minimum Gasteiger partial charge on any atom is -0.481 e. The molecule has 1 aromatic carbocycles. The van der Waals surface area contributed by atoms with E-state index in [2.05, 4.69) is 4.98 Å². The van der Waals surface area contributed by atoms with Crippen molar-refractivity contribution in [1.82, 2.24) is 9.88 Å². The van der Waals surface area contributed by atoms with Gasteiger partial charge in [0.15, 0.2) is 0 Å². The predicted molar refractivity (Wildman–Crippen MR) is 78.4 cm³/mol. The molecule has 1 N–H and O–H groups in total. The van der Waals surface area contributed by atoms with Crippen molar-refractivity contribution in [2.45, 2.75) is 6.42 Å². The van der Waals surface area contributed by atoms with Crippen LogP contribution < -0.4 is 0 Å². The van der Waals surface area contributed by atoms with E-state index < -0.39 is 5.97 Å². The number of likely N-dealkylation sites (tertiary alicyclic amines) is 1. The van der Waals surface area contributed by atoms with Gasteiger partial charge < -0.3 is 10.0 Å². The Bertz CT molecular complexity index is 726. The van der Waals surface area contributed by atoms with Crippen molar-refractivity contribution in [1.29, 1.82) is 0 Å². The third-order valence-electron chi connectivity index (χ3n) is 3.59. The summed E-state index contributed by atoms with van der Waals surface area (Å²) in [6.45, 7) is 0.911. The molecule has 5 nitrogen and oxygen atoms in total. The van der Waals surface area contributed by atoms with Gasteiger partial charge in [-0.1, -0.05) is 29.8 Å². The molecule has 0 saturated carbocycles. The van der Waals surface area contributed by atoms with Gasteiger partial charge in [0.2, 0.25) is 0 Å². The van der Waals surface area contributed by atoms with E-state index in [0.717, 1.165) is 5.39 Å². The molecular weight excluding hydrogens is 292 g/mol. The van der Waals surface area contributed by atoms with E-state index in [1.807, 2.05) is 18.2 Å². The standard InChI is InChI=1S/C15H13ClN2O3/c16-11-6-13(17-12-4-2-1-3-10(11)12)15(21)18-7-9(8-18)5-14(19)20/h1-4,6,9H,5,7-8H2,(H,19,20). The maximum absolute atomic E-state index is 12.3. The number of hydrogen-bond acceptors (Lipinski definition) is 3. The molecule has 0 radical (unpaired) electrons. The molecule has 2 aromatic rings. The summed E-state index contributed by atoms with van der Waals surface area (Å²) in [7, 11) is 0. The number of pyridine rings is 1. The van der Waals surface area contributed by atoms with Crippen LogP contribution in [0.3, 0.4) is 0 Å². The fraction of sp³-hybridized carbons (Fsp3) is 0.267. The normalized spacial score (nSPS) is 15.0. The SMILES string of the molecule is O=C(O)CC1CN(C(=O)c2cc(Cl)c3ccccc3n2)C1. The molecule has 1 fully saturated rings. The van der Waals surface area contributed by atoms with E-state index in [4.69, 9.17) is 16.7 Å². The highest BCUT2D eigenvalue weighted by atomic mass is 35.5. The minimum atomic E-state index is -0.834. The summed E-state index contributed by atoms with van der Waals surface area (Å²) in [5, 5.41) is 10.0. The molecular formula is C15H13ClN2O3. The highest BCUT2D eigenvalue weighted by Gasteiger charge is 2.33. The van der Waals surface area contributed by atoms with E-state index in [1.165, 1.54) is 0 Å². The number of hydrogen-bond donors (Lipinski definition) is 1. The summed E-state index contributed by atoms with van der Waals surface area (Å²) in [6.07, 6.45) is 0.0929. The molecule has 1 saturated heterocycles. The largest absolute Gasteiger partial charge is 0.481 e. The van der Waals surface area contributed by atoms with Crippen molar-refractivity contribution < 1.29 is 14.7 Å². The number of fused-ring (bicyclic) bond motifs is 1. The maximum Gasteiger partial charge on any atom is 0.303 e. The first-order valence-corrected chi connectivity index (χ1v) is 6.99. The number of aliphatic carboxylic acids is 1. The second-order valence-corrected chi connectivity index (χ2v) is 5.59. The van der Waals surface area contributed by atoms with E-state index in [0.29, 0.717) is 29.3 Å². The molecule has 0 unspecified atom stereocenters. The van der Waals surface area contributed by atoms with Crippen molar-refractivity contribution in [3.8, 4) is 0 Å². The number of carbonyl (C=O) groups excluding carboxylic acids is 1. The van der Waals surface area contributed by atoms with Crippen molar-refractivity contribution in [2.75, 3.05) is 13.1 Å². The number of carboxylic acids is 1. The van der Waals surface area contributed by atoms with Crippen LogP contribution in [-0.2, 0) is 4.79 Å². The zero-order valence-corrected chi connectivity index (χ0v) is 11.9. The molecule has 0 aliphatic carbocycles. The quantitative estimate of drug-likeness (QED) is 0.945. The molecule has 2 heterocycles. The van der Waals surface area contributed by atoms with Crippen LogP contribution in [0.1, 0.15) is 16.9 Å². The number of carbonyl (C=O) groups is 2. The van der Waals surface area contributed by atoms with E-state index in [1.54, 1.807) is 17.0 Å². The average Bonchev–Trinajstić information content (AvgIpc) is 2.41. The second-order valence-electron chi connectivity index (χ2n) is 5.18. The first kappa shape index (κ1) is 13.8. The molecule has 1 amide bonds. The monoisotopic (exact) mass is 304 g/mol. The Hall–Kier alpha value is -2.14. The molecule has 21 heavy (non-hydrogen) atoms. The van der Waals surface area contributed by atoms with Gasteiger partial charge in [-0.2, -0.15) is 0 Å². The number of benzene rings is 1. The minimum absolute atomic E-state index is 0.0300. The van der Waals surface area contributed by atoms with Crippen molar-refractivity contribution in [3.63, 3.8) is 0 Å². The predicted octanol–water partition coefficient (Wildman–Crippen LogP) is 2.43. The van der Waals surface area contributed by atoms with Crippen LogP contribution in [0.15, 0.2) is 30.3 Å². The van der Waals surface area contributed by atoms with Gasteiger partial charge in [-0.25, -0.2) is 4.98 Å². The number of rotatable bonds is 3. The molecule has 108 valence electrons. The lowest BCUT2D eigenvalue weighted by atomic mass is 9.96. The van der Waals surface area contributed by atoms with E-state index >= 15 is 0 Å². The number of amides is 1. The molecule has 1 aliphatic rings. The summed E-state index contributed by atoms with van der Waals surface area (Å²) >= 11 is 6.18. The van der Waals surface area contributed by atoms with Gasteiger partial charge in [-0.3, -0.25) is 9.59 Å². The molecule has 3 rings (SSSR count). The second kappa shape index (κ2) is 5.33.